The average molecular weight is 216 g/mol. The molecule has 86 valence electrons. The van der Waals surface area contributed by atoms with Crippen LogP contribution in [0.1, 0.15) is 36.8 Å². The molecule has 0 heterocycles. The zero-order chi connectivity index (χ0) is 11.0. The third kappa shape index (κ3) is 1.66. The zero-order valence-electron chi connectivity index (χ0n) is 9.71. The molecule has 0 amide bonds. The van der Waals surface area contributed by atoms with Crippen LogP contribution in [0.5, 0.6) is 0 Å². The van der Waals surface area contributed by atoms with Gasteiger partial charge in [-0.15, -0.1) is 0 Å². The zero-order valence-corrected chi connectivity index (χ0v) is 9.71. The van der Waals surface area contributed by atoms with E-state index in [9.17, 15) is 0 Å². The third-order valence-corrected chi connectivity index (χ3v) is 3.99. The molecule has 0 radical (unpaired) electrons. The van der Waals surface area contributed by atoms with Gasteiger partial charge in [-0.2, -0.15) is 0 Å². The first-order valence-corrected chi connectivity index (χ1v) is 6.40. The second kappa shape index (κ2) is 3.86. The van der Waals surface area contributed by atoms with E-state index in [1.807, 2.05) is 0 Å². The summed E-state index contributed by atoms with van der Waals surface area (Å²) in [6.45, 7) is 0.723. The van der Waals surface area contributed by atoms with Crippen molar-refractivity contribution in [2.24, 2.45) is 5.73 Å². The summed E-state index contributed by atoms with van der Waals surface area (Å²) in [5, 5.41) is 3.79. The molecular weight excluding hydrogens is 196 g/mol. The number of hydrogen-bond acceptors (Lipinski definition) is 2. The fourth-order valence-electron chi connectivity index (χ4n) is 2.96. The van der Waals surface area contributed by atoms with Gasteiger partial charge in [0.15, 0.2) is 0 Å². The van der Waals surface area contributed by atoms with Crippen molar-refractivity contribution in [2.75, 3.05) is 6.54 Å². The maximum Gasteiger partial charge on any atom is 0.0563 e. The minimum atomic E-state index is 0.0655. The highest BCUT2D eigenvalue weighted by atomic mass is 15.1. The summed E-state index contributed by atoms with van der Waals surface area (Å²) in [4.78, 5) is 0. The summed E-state index contributed by atoms with van der Waals surface area (Å²) < 4.78 is 0. The highest BCUT2D eigenvalue weighted by Crippen LogP contribution is 2.37. The van der Waals surface area contributed by atoms with Gasteiger partial charge in [-0.05, 0) is 43.2 Å². The van der Waals surface area contributed by atoms with E-state index in [4.69, 9.17) is 5.73 Å². The van der Waals surface area contributed by atoms with E-state index in [0.717, 1.165) is 12.6 Å². The number of aryl methyl sites for hydroxylation is 1. The Hall–Kier alpha value is -0.860. The van der Waals surface area contributed by atoms with Crippen LogP contribution >= 0.6 is 0 Å². The van der Waals surface area contributed by atoms with Crippen LogP contribution in [-0.4, -0.2) is 12.6 Å². The van der Waals surface area contributed by atoms with Crippen molar-refractivity contribution in [3.63, 3.8) is 0 Å². The van der Waals surface area contributed by atoms with Gasteiger partial charge >= 0.3 is 0 Å². The fraction of sp³-hybridized carbons (Fsp3) is 0.571. The van der Waals surface area contributed by atoms with Crippen LogP contribution in [0.2, 0.25) is 0 Å². The van der Waals surface area contributed by atoms with Gasteiger partial charge in [0.2, 0.25) is 0 Å². The largest absolute Gasteiger partial charge is 0.328 e. The van der Waals surface area contributed by atoms with Gasteiger partial charge in [0, 0.05) is 12.6 Å². The molecule has 2 nitrogen and oxygen atoms in total. The van der Waals surface area contributed by atoms with Gasteiger partial charge in [-0.1, -0.05) is 24.3 Å². The number of hydrogen-bond donors (Lipinski definition) is 2. The standard InChI is InChI=1S/C14H20N2/c15-10-14(16-12-7-8-12)9-3-5-11-4-1-2-6-13(11)14/h1-2,4,6,12,16H,3,5,7-10,15H2. The summed E-state index contributed by atoms with van der Waals surface area (Å²) in [7, 11) is 0. The molecule has 1 aromatic carbocycles. The van der Waals surface area contributed by atoms with Crippen molar-refractivity contribution in [1.82, 2.24) is 5.32 Å². The predicted molar refractivity (Wildman–Crippen MR) is 66.3 cm³/mol. The van der Waals surface area contributed by atoms with Gasteiger partial charge < -0.3 is 11.1 Å². The van der Waals surface area contributed by atoms with Crippen LogP contribution in [0.4, 0.5) is 0 Å². The van der Waals surface area contributed by atoms with E-state index in [1.54, 1.807) is 0 Å². The molecule has 1 aromatic rings. The normalized spacial score (nSPS) is 28.8. The van der Waals surface area contributed by atoms with Gasteiger partial charge in [0.25, 0.3) is 0 Å². The Morgan fingerprint density at radius 3 is 2.88 bits per heavy atom. The van der Waals surface area contributed by atoms with Crippen LogP contribution in [0.3, 0.4) is 0 Å². The summed E-state index contributed by atoms with van der Waals surface area (Å²) in [6, 6.07) is 9.52. The molecule has 0 bridgehead atoms. The molecule has 1 atom stereocenters. The summed E-state index contributed by atoms with van der Waals surface area (Å²) in [5.74, 6) is 0. The summed E-state index contributed by atoms with van der Waals surface area (Å²) in [5.41, 5.74) is 9.08. The molecular formula is C14H20N2. The van der Waals surface area contributed by atoms with E-state index >= 15 is 0 Å². The highest BCUT2D eigenvalue weighted by Gasteiger charge is 2.39. The van der Waals surface area contributed by atoms with Crippen molar-refractivity contribution in [1.29, 1.82) is 0 Å². The van der Waals surface area contributed by atoms with Gasteiger partial charge in [-0.25, -0.2) is 0 Å². The lowest BCUT2D eigenvalue weighted by Crippen LogP contribution is -2.51. The van der Waals surface area contributed by atoms with Crippen molar-refractivity contribution in [3.05, 3.63) is 35.4 Å². The maximum atomic E-state index is 6.07. The molecule has 0 aliphatic heterocycles. The van der Waals surface area contributed by atoms with Gasteiger partial charge in [0.05, 0.1) is 5.54 Å². The minimum Gasteiger partial charge on any atom is -0.328 e. The molecule has 3 rings (SSSR count). The van der Waals surface area contributed by atoms with Crippen LogP contribution in [0, 0.1) is 0 Å². The second-order valence-corrected chi connectivity index (χ2v) is 5.22. The first kappa shape index (κ1) is 10.3. The monoisotopic (exact) mass is 216 g/mol. The van der Waals surface area contributed by atoms with Crippen molar-refractivity contribution >= 4 is 0 Å². The molecule has 1 saturated carbocycles. The van der Waals surface area contributed by atoms with E-state index in [1.165, 1.54) is 43.2 Å². The van der Waals surface area contributed by atoms with Gasteiger partial charge in [0.1, 0.15) is 0 Å². The van der Waals surface area contributed by atoms with Crippen molar-refractivity contribution in [3.8, 4) is 0 Å². The minimum absolute atomic E-state index is 0.0655. The number of nitrogens with one attached hydrogen (secondary N) is 1. The molecule has 2 aliphatic rings. The third-order valence-electron chi connectivity index (χ3n) is 3.99. The van der Waals surface area contributed by atoms with Crippen LogP contribution in [-0.2, 0) is 12.0 Å². The molecule has 16 heavy (non-hydrogen) atoms. The maximum absolute atomic E-state index is 6.07. The van der Waals surface area contributed by atoms with Crippen LogP contribution < -0.4 is 11.1 Å². The average Bonchev–Trinajstić information content (AvgIpc) is 3.13. The molecule has 0 spiro atoms. The van der Waals surface area contributed by atoms with E-state index in [-0.39, 0.29) is 5.54 Å². The molecule has 1 unspecified atom stereocenters. The Morgan fingerprint density at radius 2 is 2.12 bits per heavy atom. The van der Waals surface area contributed by atoms with E-state index in [0.29, 0.717) is 0 Å². The highest BCUT2D eigenvalue weighted by molar-refractivity contribution is 5.37. The quantitative estimate of drug-likeness (QED) is 0.810. The Kier molecular flexibility index (Phi) is 2.49. The number of fused-ring (bicyclic) bond motifs is 1. The first-order valence-electron chi connectivity index (χ1n) is 6.40. The molecule has 3 N–H and O–H groups in total. The first-order chi connectivity index (χ1) is 7.84. The lowest BCUT2D eigenvalue weighted by Gasteiger charge is -2.39. The van der Waals surface area contributed by atoms with Gasteiger partial charge in [-0.3, -0.25) is 0 Å². The Morgan fingerprint density at radius 1 is 1.31 bits per heavy atom. The Labute approximate surface area is 97.2 Å². The van der Waals surface area contributed by atoms with Crippen LogP contribution in [0.15, 0.2) is 24.3 Å². The fourth-order valence-corrected chi connectivity index (χ4v) is 2.96. The van der Waals surface area contributed by atoms with E-state index < -0.39 is 0 Å². The number of rotatable bonds is 3. The van der Waals surface area contributed by atoms with E-state index in [2.05, 4.69) is 29.6 Å². The van der Waals surface area contributed by atoms with Crippen molar-refractivity contribution in [2.45, 2.75) is 43.7 Å². The molecule has 2 aliphatic carbocycles. The second-order valence-electron chi connectivity index (χ2n) is 5.22. The summed E-state index contributed by atoms with van der Waals surface area (Å²) >= 11 is 0. The summed E-state index contributed by atoms with van der Waals surface area (Å²) in [6.07, 6.45) is 6.31. The number of benzene rings is 1. The SMILES string of the molecule is NCC1(NC2CC2)CCCc2ccccc21. The smallest absolute Gasteiger partial charge is 0.0563 e. The lowest BCUT2D eigenvalue weighted by molar-refractivity contribution is 0.289. The van der Waals surface area contributed by atoms with Crippen molar-refractivity contribution < 1.29 is 0 Å². The molecule has 1 fully saturated rings. The molecule has 0 aromatic heterocycles. The molecule has 0 saturated heterocycles. The van der Waals surface area contributed by atoms with Crippen LogP contribution in [0.25, 0.3) is 0 Å². The topological polar surface area (TPSA) is 38.0 Å². The Balaban J connectivity index is 1.98. The predicted octanol–water partition coefficient (Wildman–Crippen LogP) is 1.93. The molecule has 2 heteroatoms. The number of nitrogens with two attached hydrogens (primary N) is 1. The Bertz CT molecular complexity index is 384. The lowest BCUT2D eigenvalue weighted by atomic mass is 9.76.